The molecule has 1 aliphatic heterocycles. The summed E-state index contributed by atoms with van der Waals surface area (Å²) >= 11 is 0. The van der Waals surface area contributed by atoms with E-state index in [1.165, 1.54) is 0 Å². The van der Waals surface area contributed by atoms with E-state index in [0.29, 0.717) is 25.2 Å². The largest absolute Gasteiger partial charge is 0.440 e. The maximum atomic E-state index is 12.5. The first-order valence-electron chi connectivity index (χ1n) is 9.37. The van der Waals surface area contributed by atoms with E-state index in [4.69, 9.17) is 9.40 Å². The van der Waals surface area contributed by atoms with Crippen LogP contribution in [0.25, 0.3) is 21.9 Å². The molecule has 1 saturated heterocycles. The van der Waals surface area contributed by atoms with Crippen molar-refractivity contribution < 1.29 is 14.0 Å². The van der Waals surface area contributed by atoms with Crippen LogP contribution in [0, 0.1) is 10.8 Å². The van der Waals surface area contributed by atoms with Gasteiger partial charge in [-0.05, 0) is 42.2 Å². The fraction of sp³-hybridized carbons (Fsp3) is 0.409. The predicted molar refractivity (Wildman–Crippen MR) is 102 cm³/mol. The first-order valence-corrected chi connectivity index (χ1v) is 9.37. The summed E-state index contributed by atoms with van der Waals surface area (Å²) in [5, 5.41) is 4.79. The van der Waals surface area contributed by atoms with Gasteiger partial charge in [0.1, 0.15) is 5.52 Å². The molecule has 1 aromatic heterocycles. The number of rotatable bonds is 1. The Labute approximate surface area is 157 Å². The van der Waals surface area contributed by atoms with E-state index >= 15 is 0 Å². The quantitative estimate of drug-likeness (QED) is 0.662. The minimum absolute atomic E-state index is 0.183. The van der Waals surface area contributed by atoms with Crippen molar-refractivity contribution in [2.45, 2.75) is 45.4 Å². The molecule has 0 spiro atoms. The monoisotopic (exact) mass is 362 g/mol. The number of nitrogens with zero attached hydrogens (tertiary/aromatic N) is 1. The topological polar surface area (TPSA) is 72.2 Å². The standard InChI is InChI=1S/C22H22N2O3/c1-20-10-21(2,18(26)24-17(20)25)12-22(3,11-20)19-23-15-8-13-6-4-5-7-14(13)9-16(15)27-19/h4-9H,10-12H2,1-3H3,(H,24,25,26)/t20-,21+,22?. The number of piperidine rings is 1. The lowest BCUT2D eigenvalue weighted by Crippen LogP contribution is -2.62. The predicted octanol–water partition coefficient (Wildman–Crippen LogP) is 4.09. The van der Waals surface area contributed by atoms with Gasteiger partial charge >= 0.3 is 0 Å². The molecule has 2 bridgehead atoms. The first-order chi connectivity index (χ1) is 12.7. The Balaban J connectivity index is 1.65. The number of oxazole rings is 1. The molecule has 1 aliphatic carbocycles. The zero-order valence-electron chi connectivity index (χ0n) is 15.8. The highest BCUT2D eigenvalue weighted by Crippen LogP contribution is 2.57. The molecule has 27 heavy (non-hydrogen) atoms. The lowest BCUT2D eigenvalue weighted by atomic mass is 9.52. The maximum Gasteiger partial charge on any atom is 0.232 e. The zero-order valence-corrected chi connectivity index (χ0v) is 15.8. The van der Waals surface area contributed by atoms with Crippen molar-refractivity contribution in [1.82, 2.24) is 10.3 Å². The molecule has 3 atom stereocenters. The van der Waals surface area contributed by atoms with Crippen LogP contribution in [0.3, 0.4) is 0 Å². The van der Waals surface area contributed by atoms with E-state index in [9.17, 15) is 9.59 Å². The smallest absolute Gasteiger partial charge is 0.232 e. The molecular formula is C22H22N2O3. The van der Waals surface area contributed by atoms with Crippen LogP contribution in [0.4, 0.5) is 0 Å². The third-order valence-corrected chi connectivity index (χ3v) is 6.44. The van der Waals surface area contributed by atoms with Crippen LogP contribution in [-0.2, 0) is 15.0 Å². The molecule has 1 saturated carbocycles. The van der Waals surface area contributed by atoms with Crippen LogP contribution in [-0.4, -0.2) is 16.8 Å². The summed E-state index contributed by atoms with van der Waals surface area (Å²) in [7, 11) is 0. The number of carbonyl (C=O) groups is 2. The van der Waals surface area contributed by atoms with Gasteiger partial charge in [-0.1, -0.05) is 45.0 Å². The van der Waals surface area contributed by atoms with Gasteiger partial charge in [0, 0.05) is 16.2 Å². The molecule has 0 radical (unpaired) electrons. The van der Waals surface area contributed by atoms with Gasteiger partial charge in [0.25, 0.3) is 0 Å². The summed E-state index contributed by atoms with van der Waals surface area (Å²) in [4.78, 5) is 29.9. The lowest BCUT2D eigenvalue weighted by molar-refractivity contribution is -0.158. The number of carbonyl (C=O) groups excluding carboxylic acids is 2. The van der Waals surface area contributed by atoms with E-state index in [-0.39, 0.29) is 11.8 Å². The molecule has 5 heteroatoms. The Bertz CT molecular complexity index is 1050. The molecule has 5 nitrogen and oxygen atoms in total. The molecule has 138 valence electrons. The summed E-state index contributed by atoms with van der Waals surface area (Å²) in [5.74, 6) is 0.253. The van der Waals surface area contributed by atoms with E-state index < -0.39 is 16.2 Å². The molecule has 3 aromatic rings. The minimum Gasteiger partial charge on any atom is -0.440 e. The van der Waals surface area contributed by atoms with Gasteiger partial charge < -0.3 is 4.42 Å². The highest BCUT2D eigenvalue weighted by molar-refractivity contribution is 6.03. The molecule has 2 heterocycles. The summed E-state index contributed by atoms with van der Waals surface area (Å²) in [6, 6.07) is 12.2. The Morgan fingerprint density at radius 1 is 0.889 bits per heavy atom. The van der Waals surface area contributed by atoms with Crippen LogP contribution in [0.2, 0.25) is 0 Å². The molecule has 1 unspecified atom stereocenters. The summed E-state index contributed by atoms with van der Waals surface area (Å²) in [6.07, 6.45) is 1.80. The lowest BCUT2D eigenvalue weighted by Gasteiger charge is -2.52. The first kappa shape index (κ1) is 16.5. The van der Waals surface area contributed by atoms with E-state index in [1.807, 2.05) is 38.1 Å². The van der Waals surface area contributed by atoms with Gasteiger partial charge in [0.05, 0.1) is 0 Å². The van der Waals surface area contributed by atoms with Crippen LogP contribution in [0.1, 0.15) is 45.9 Å². The highest BCUT2D eigenvalue weighted by Gasteiger charge is 2.60. The van der Waals surface area contributed by atoms with Gasteiger partial charge in [-0.15, -0.1) is 0 Å². The second-order valence-electron chi connectivity index (χ2n) is 9.18. The van der Waals surface area contributed by atoms with E-state index in [0.717, 1.165) is 21.9 Å². The number of fused-ring (bicyclic) bond motifs is 4. The van der Waals surface area contributed by atoms with Gasteiger partial charge in [-0.25, -0.2) is 4.98 Å². The molecule has 2 aromatic carbocycles. The van der Waals surface area contributed by atoms with Gasteiger partial charge in [-0.3, -0.25) is 14.9 Å². The SMILES string of the molecule is CC1(c2nc3cc4ccccc4cc3o2)C[C@@]2(C)C[C@@](C)(C1)C(=O)NC2=O. The molecule has 1 N–H and O–H groups in total. The van der Waals surface area contributed by atoms with E-state index in [2.05, 4.69) is 24.4 Å². The maximum absolute atomic E-state index is 12.5. The van der Waals surface area contributed by atoms with E-state index in [1.54, 1.807) is 0 Å². The van der Waals surface area contributed by atoms with Gasteiger partial charge in [0.15, 0.2) is 5.58 Å². The number of amides is 2. The molecule has 2 fully saturated rings. The zero-order chi connectivity index (χ0) is 19.0. The van der Waals surface area contributed by atoms with Gasteiger partial charge in [0.2, 0.25) is 17.7 Å². The second-order valence-corrected chi connectivity index (χ2v) is 9.18. The average Bonchev–Trinajstić information content (AvgIpc) is 3.01. The van der Waals surface area contributed by atoms with Crippen molar-refractivity contribution in [2.24, 2.45) is 10.8 Å². The fourth-order valence-electron chi connectivity index (χ4n) is 5.52. The normalized spacial score (nSPS) is 33.4. The van der Waals surface area contributed by atoms with Crippen LogP contribution >= 0.6 is 0 Å². The second kappa shape index (κ2) is 4.97. The fourth-order valence-corrected chi connectivity index (χ4v) is 5.52. The van der Waals surface area contributed by atoms with Crippen molar-refractivity contribution in [3.05, 3.63) is 42.3 Å². The number of benzene rings is 2. The van der Waals surface area contributed by atoms with Crippen LogP contribution in [0.5, 0.6) is 0 Å². The summed E-state index contributed by atoms with van der Waals surface area (Å²) < 4.78 is 6.19. The van der Waals surface area contributed by atoms with Crippen molar-refractivity contribution in [3.8, 4) is 0 Å². The van der Waals surface area contributed by atoms with Crippen molar-refractivity contribution in [1.29, 1.82) is 0 Å². The Morgan fingerprint density at radius 2 is 1.44 bits per heavy atom. The highest BCUT2D eigenvalue weighted by atomic mass is 16.3. The van der Waals surface area contributed by atoms with Crippen LogP contribution < -0.4 is 5.32 Å². The molecular weight excluding hydrogens is 340 g/mol. The molecule has 5 rings (SSSR count). The number of aromatic nitrogens is 1. The molecule has 2 amide bonds. The minimum atomic E-state index is -0.596. The Kier molecular flexibility index (Phi) is 3.03. The number of imide groups is 1. The Morgan fingerprint density at radius 3 is 2.07 bits per heavy atom. The van der Waals surface area contributed by atoms with Crippen molar-refractivity contribution >= 4 is 33.7 Å². The third kappa shape index (κ3) is 2.27. The van der Waals surface area contributed by atoms with Gasteiger partial charge in [-0.2, -0.15) is 0 Å². The molecule has 2 aliphatic rings. The average molecular weight is 362 g/mol. The van der Waals surface area contributed by atoms with Crippen LogP contribution in [0.15, 0.2) is 40.8 Å². The van der Waals surface area contributed by atoms with Crippen molar-refractivity contribution in [3.63, 3.8) is 0 Å². The van der Waals surface area contributed by atoms with Crippen molar-refractivity contribution in [2.75, 3.05) is 0 Å². The third-order valence-electron chi connectivity index (χ3n) is 6.44. The summed E-state index contributed by atoms with van der Waals surface area (Å²) in [5.41, 5.74) is -0.110. The summed E-state index contributed by atoms with van der Waals surface area (Å²) in [6.45, 7) is 5.96. The number of hydrogen-bond acceptors (Lipinski definition) is 4. The Hall–Kier alpha value is -2.69. The number of nitrogens with one attached hydrogen (secondary N) is 1. The number of hydrogen-bond donors (Lipinski definition) is 1.